The maximum Gasteiger partial charge on any atom is 0.136 e. The van der Waals surface area contributed by atoms with Crippen molar-refractivity contribution < 1.29 is 9.94 Å². The third-order valence-electron chi connectivity index (χ3n) is 3.41. The normalized spacial score (nSPS) is 11.8. The van der Waals surface area contributed by atoms with Crippen LogP contribution in [0.2, 0.25) is 0 Å². The number of oxime groups is 1. The van der Waals surface area contributed by atoms with Crippen molar-refractivity contribution in [2.45, 2.75) is 33.1 Å². The molecule has 0 atom stereocenters. The largest absolute Gasteiger partial charge is 0.492 e. The van der Waals surface area contributed by atoms with E-state index in [1.54, 1.807) is 6.92 Å². The van der Waals surface area contributed by atoms with Crippen LogP contribution in [-0.4, -0.2) is 17.5 Å². The van der Waals surface area contributed by atoms with Gasteiger partial charge in [0.1, 0.15) is 5.75 Å². The van der Waals surface area contributed by atoms with E-state index in [4.69, 9.17) is 9.94 Å². The van der Waals surface area contributed by atoms with Crippen molar-refractivity contribution in [1.29, 1.82) is 0 Å². The van der Waals surface area contributed by atoms with E-state index in [9.17, 15) is 0 Å². The van der Waals surface area contributed by atoms with Crippen LogP contribution in [0.5, 0.6) is 5.75 Å². The molecule has 2 aromatic carbocycles. The third kappa shape index (κ3) is 3.10. The molecule has 0 heterocycles. The van der Waals surface area contributed by atoms with E-state index in [-0.39, 0.29) is 0 Å². The van der Waals surface area contributed by atoms with E-state index in [1.165, 1.54) is 6.42 Å². The molecule has 0 fully saturated rings. The van der Waals surface area contributed by atoms with Crippen molar-refractivity contribution in [2.24, 2.45) is 5.16 Å². The summed E-state index contributed by atoms with van der Waals surface area (Å²) in [6.07, 6.45) is 3.37. The van der Waals surface area contributed by atoms with E-state index in [2.05, 4.69) is 18.1 Å². The van der Waals surface area contributed by atoms with Crippen LogP contribution in [0.1, 0.15) is 38.7 Å². The molecule has 0 saturated carbocycles. The van der Waals surface area contributed by atoms with E-state index >= 15 is 0 Å². The SMILES string of the molecule is CCCCCOc1c(/C(C)=N/O)ccc2ccccc12. The minimum atomic E-state index is 0.571. The second-order valence-electron chi connectivity index (χ2n) is 4.90. The summed E-state index contributed by atoms with van der Waals surface area (Å²) < 4.78 is 5.98. The van der Waals surface area contributed by atoms with Crippen LogP contribution in [-0.2, 0) is 0 Å². The van der Waals surface area contributed by atoms with Gasteiger partial charge < -0.3 is 9.94 Å². The predicted octanol–water partition coefficient (Wildman–Crippen LogP) is 4.61. The highest BCUT2D eigenvalue weighted by molar-refractivity contribution is 6.06. The highest BCUT2D eigenvalue weighted by Gasteiger charge is 2.11. The van der Waals surface area contributed by atoms with Crippen LogP contribution in [0.15, 0.2) is 41.6 Å². The summed E-state index contributed by atoms with van der Waals surface area (Å²) in [6.45, 7) is 4.64. The molecule has 3 heteroatoms. The molecule has 20 heavy (non-hydrogen) atoms. The molecule has 2 rings (SSSR count). The third-order valence-corrected chi connectivity index (χ3v) is 3.41. The smallest absolute Gasteiger partial charge is 0.136 e. The first-order chi connectivity index (χ1) is 9.77. The molecule has 0 aliphatic carbocycles. The van der Waals surface area contributed by atoms with Gasteiger partial charge in [-0.25, -0.2) is 0 Å². The van der Waals surface area contributed by atoms with Crippen LogP contribution >= 0.6 is 0 Å². The Morgan fingerprint density at radius 1 is 1.15 bits per heavy atom. The van der Waals surface area contributed by atoms with Gasteiger partial charge >= 0.3 is 0 Å². The molecule has 0 aliphatic rings. The maximum atomic E-state index is 9.03. The van der Waals surface area contributed by atoms with Crippen molar-refractivity contribution in [3.63, 3.8) is 0 Å². The first-order valence-electron chi connectivity index (χ1n) is 7.11. The Morgan fingerprint density at radius 3 is 2.70 bits per heavy atom. The molecule has 0 amide bonds. The van der Waals surface area contributed by atoms with Gasteiger partial charge in [-0.15, -0.1) is 0 Å². The fourth-order valence-corrected chi connectivity index (χ4v) is 2.26. The topological polar surface area (TPSA) is 41.8 Å². The van der Waals surface area contributed by atoms with Gasteiger partial charge in [-0.3, -0.25) is 0 Å². The van der Waals surface area contributed by atoms with E-state index < -0.39 is 0 Å². The first kappa shape index (κ1) is 14.4. The summed E-state index contributed by atoms with van der Waals surface area (Å²) in [5.41, 5.74) is 1.42. The average molecular weight is 271 g/mol. The maximum absolute atomic E-state index is 9.03. The van der Waals surface area contributed by atoms with Crippen LogP contribution < -0.4 is 4.74 Å². The van der Waals surface area contributed by atoms with Crippen molar-refractivity contribution in [2.75, 3.05) is 6.61 Å². The van der Waals surface area contributed by atoms with Gasteiger partial charge in [-0.2, -0.15) is 0 Å². The van der Waals surface area contributed by atoms with Gasteiger partial charge in [-0.05, 0) is 24.8 Å². The first-order valence-corrected chi connectivity index (χ1v) is 7.11. The van der Waals surface area contributed by atoms with Crippen molar-refractivity contribution >= 4 is 16.5 Å². The zero-order valence-electron chi connectivity index (χ0n) is 12.1. The number of unbranched alkanes of at least 4 members (excludes halogenated alkanes) is 2. The van der Waals surface area contributed by atoms with Gasteiger partial charge in [0.05, 0.1) is 12.3 Å². The highest BCUT2D eigenvalue weighted by Crippen LogP contribution is 2.30. The fraction of sp³-hybridized carbons (Fsp3) is 0.353. The van der Waals surface area contributed by atoms with Crippen LogP contribution in [0.25, 0.3) is 10.8 Å². The number of rotatable bonds is 6. The molecule has 0 aliphatic heterocycles. The molecule has 106 valence electrons. The van der Waals surface area contributed by atoms with Crippen molar-refractivity contribution in [1.82, 2.24) is 0 Å². The molecule has 3 nitrogen and oxygen atoms in total. The molecule has 2 aromatic rings. The second kappa shape index (κ2) is 6.94. The Hall–Kier alpha value is -2.03. The Balaban J connectivity index is 2.39. The van der Waals surface area contributed by atoms with Gasteiger partial charge in [0.15, 0.2) is 0 Å². The lowest BCUT2D eigenvalue weighted by atomic mass is 10.0. The average Bonchev–Trinajstić information content (AvgIpc) is 2.50. The fourth-order valence-electron chi connectivity index (χ4n) is 2.26. The standard InChI is InChI=1S/C17H21NO2/c1-3-4-7-12-20-17-15(13(2)18-19)11-10-14-8-5-6-9-16(14)17/h5-6,8-11,19H,3-4,7,12H2,1-2H3/b18-13+. The van der Waals surface area contributed by atoms with Crippen LogP contribution in [0, 0.1) is 0 Å². The van der Waals surface area contributed by atoms with Crippen LogP contribution in [0.4, 0.5) is 0 Å². The van der Waals surface area contributed by atoms with E-state index in [0.717, 1.165) is 34.9 Å². The Morgan fingerprint density at radius 2 is 1.95 bits per heavy atom. The minimum Gasteiger partial charge on any atom is -0.492 e. The number of nitrogens with zero attached hydrogens (tertiary/aromatic N) is 1. The lowest BCUT2D eigenvalue weighted by Gasteiger charge is -2.14. The number of benzene rings is 2. The van der Waals surface area contributed by atoms with E-state index in [0.29, 0.717) is 12.3 Å². The monoisotopic (exact) mass is 271 g/mol. The number of hydrogen-bond donors (Lipinski definition) is 1. The molecule has 0 spiro atoms. The van der Waals surface area contributed by atoms with E-state index in [1.807, 2.05) is 30.3 Å². The van der Waals surface area contributed by atoms with Crippen molar-refractivity contribution in [3.05, 3.63) is 42.0 Å². The molecule has 1 N–H and O–H groups in total. The summed E-state index contributed by atoms with van der Waals surface area (Å²) in [4.78, 5) is 0. The molecule has 0 radical (unpaired) electrons. The summed E-state index contributed by atoms with van der Waals surface area (Å²) in [6, 6.07) is 12.1. The Kier molecular flexibility index (Phi) is 4.99. The zero-order valence-corrected chi connectivity index (χ0v) is 12.1. The molecular weight excluding hydrogens is 250 g/mol. The lowest BCUT2D eigenvalue weighted by Crippen LogP contribution is -2.04. The highest BCUT2D eigenvalue weighted by atomic mass is 16.5. The quantitative estimate of drug-likeness (QED) is 0.361. The lowest BCUT2D eigenvalue weighted by molar-refractivity contribution is 0.306. The molecular formula is C17H21NO2. The number of ether oxygens (including phenoxy) is 1. The molecule has 0 saturated heterocycles. The summed E-state index contributed by atoms with van der Waals surface area (Å²) in [7, 11) is 0. The number of fused-ring (bicyclic) bond motifs is 1. The van der Waals surface area contributed by atoms with Gasteiger partial charge in [0.25, 0.3) is 0 Å². The minimum absolute atomic E-state index is 0.571. The molecule has 0 aromatic heterocycles. The Labute approximate surface area is 119 Å². The molecule has 0 bridgehead atoms. The van der Waals surface area contributed by atoms with Gasteiger partial charge in [0.2, 0.25) is 0 Å². The van der Waals surface area contributed by atoms with Gasteiger partial charge in [0, 0.05) is 10.9 Å². The molecule has 0 unspecified atom stereocenters. The predicted molar refractivity (Wildman–Crippen MR) is 83.0 cm³/mol. The second-order valence-corrected chi connectivity index (χ2v) is 4.90. The summed E-state index contributed by atoms with van der Waals surface area (Å²) >= 11 is 0. The van der Waals surface area contributed by atoms with Crippen LogP contribution in [0.3, 0.4) is 0 Å². The summed E-state index contributed by atoms with van der Waals surface area (Å²) in [5, 5.41) is 14.5. The van der Waals surface area contributed by atoms with Crippen molar-refractivity contribution in [3.8, 4) is 5.75 Å². The number of hydrogen-bond acceptors (Lipinski definition) is 3. The summed E-state index contributed by atoms with van der Waals surface area (Å²) in [5.74, 6) is 0.814. The Bertz CT molecular complexity index is 605. The zero-order chi connectivity index (χ0) is 14.4. The van der Waals surface area contributed by atoms with Gasteiger partial charge in [-0.1, -0.05) is 55.3 Å².